The van der Waals surface area contributed by atoms with E-state index in [1.54, 1.807) is 6.26 Å². The zero-order valence-electron chi connectivity index (χ0n) is 6.50. The van der Waals surface area contributed by atoms with E-state index >= 15 is 0 Å². The molecule has 0 bridgehead atoms. The van der Waals surface area contributed by atoms with E-state index in [-0.39, 0.29) is 5.82 Å². The van der Waals surface area contributed by atoms with Crippen LogP contribution in [0.1, 0.15) is 10.4 Å². The van der Waals surface area contributed by atoms with Crippen LogP contribution in [0.5, 0.6) is 0 Å². The molecule has 0 aliphatic carbocycles. The predicted octanol–water partition coefficient (Wildman–Crippen LogP) is 1.65. The number of carbonyl (C=O) groups is 1. The number of nitrogens with two attached hydrogens (primary N) is 1. The van der Waals surface area contributed by atoms with E-state index < -0.39 is 5.91 Å². The van der Waals surface area contributed by atoms with Crippen LogP contribution in [0.15, 0.2) is 23.1 Å². The lowest BCUT2D eigenvalue weighted by Gasteiger charge is -2.00. The van der Waals surface area contributed by atoms with Crippen molar-refractivity contribution in [3.8, 4) is 0 Å². The molecule has 4 heteroatoms. The van der Waals surface area contributed by atoms with E-state index in [0.717, 1.165) is 0 Å². The van der Waals surface area contributed by atoms with Crippen LogP contribution in [0.4, 0.5) is 4.39 Å². The Bertz CT molecular complexity index is 314. The van der Waals surface area contributed by atoms with E-state index in [1.807, 2.05) is 0 Å². The van der Waals surface area contributed by atoms with Gasteiger partial charge >= 0.3 is 0 Å². The maximum atomic E-state index is 12.9. The highest BCUT2D eigenvalue weighted by Gasteiger charge is 2.05. The molecule has 0 heterocycles. The van der Waals surface area contributed by atoms with E-state index in [0.29, 0.717) is 10.5 Å². The van der Waals surface area contributed by atoms with Gasteiger partial charge in [-0.15, -0.1) is 11.8 Å². The topological polar surface area (TPSA) is 43.1 Å². The molecule has 0 saturated carbocycles. The molecule has 1 rings (SSSR count). The molecule has 0 aliphatic heterocycles. The largest absolute Gasteiger partial charge is 0.366 e. The minimum Gasteiger partial charge on any atom is -0.366 e. The summed E-state index contributed by atoms with van der Waals surface area (Å²) in [6.45, 7) is 0. The van der Waals surface area contributed by atoms with Crippen LogP contribution in [0.3, 0.4) is 0 Å². The lowest BCUT2D eigenvalue weighted by atomic mass is 10.2. The number of thioether (sulfide) groups is 1. The highest BCUT2D eigenvalue weighted by molar-refractivity contribution is 7.98. The van der Waals surface area contributed by atoms with Gasteiger partial charge in [-0.1, -0.05) is 0 Å². The maximum Gasteiger partial charge on any atom is 0.248 e. The lowest BCUT2D eigenvalue weighted by Crippen LogP contribution is -2.10. The Kier molecular flexibility index (Phi) is 2.70. The number of benzene rings is 1. The average molecular weight is 185 g/mol. The molecule has 2 nitrogen and oxygen atoms in total. The van der Waals surface area contributed by atoms with Gasteiger partial charge in [0.25, 0.3) is 0 Å². The van der Waals surface area contributed by atoms with E-state index in [2.05, 4.69) is 0 Å². The van der Waals surface area contributed by atoms with Crippen LogP contribution in [-0.4, -0.2) is 12.2 Å². The van der Waals surface area contributed by atoms with Gasteiger partial charge in [0, 0.05) is 10.5 Å². The molecule has 64 valence electrons. The van der Waals surface area contributed by atoms with E-state index in [1.165, 1.54) is 30.0 Å². The Hall–Kier alpha value is -1.03. The van der Waals surface area contributed by atoms with Crippen molar-refractivity contribution in [1.82, 2.24) is 0 Å². The summed E-state index contributed by atoms with van der Waals surface area (Å²) < 4.78 is 12.9. The van der Waals surface area contributed by atoms with Crippen LogP contribution < -0.4 is 5.73 Å². The average Bonchev–Trinajstić information content (AvgIpc) is 2.05. The van der Waals surface area contributed by atoms with Gasteiger partial charge in [-0.3, -0.25) is 4.79 Å². The van der Waals surface area contributed by atoms with Gasteiger partial charge < -0.3 is 5.73 Å². The molecule has 0 fully saturated rings. The summed E-state index contributed by atoms with van der Waals surface area (Å²) in [6.07, 6.45) is 1.74. The summed E-state index contributed by atoms with van der Waals surface area (Å²) in [5, 5.41) is 0. The monoisotopic (exact) mass is 185 g/mol. The Morgan fingerprint density at radius 3 is 2.75 bits per heavy atom. The maximum absolute atomic E-state index is 12.9. The number of halogens is 1. The van der Waals surface area contributed by atoms with Crippen LogP contribution in [0, 0.1) is 5.82 Å². The standard InChI is InChI=1S/C8H8FNOS/c1-12-7-4-5(8(10)11)2-3-6(7)9/h2-4H,1H3,(H2,10,11). The van der Waals surface area contributed by atoms with Gasteiger partial charge in [0.2, 0.25) is 5.91 Å². The molecule has 0 aliphatic rings. The molecular weight excluding hydrogens is 177 g/mol. The van der Waals surface area contributed by atoms with E-state index in [4.69, 9.17) is 5.73 Å². The third-order valence-corrected chi connectivity index (χ3v) is 2.19. The molecule has 1 amide bonds. The molecular formula is C8H8FNOS. The minimum absolute atomic E-state index is 0.326. The van der Waals surface area contributed by atoms with E-state index in [9.17, 15) is 9.18 Å². The molecule has 0 aromatic heterocycles. The summed E-state index contributed by atoms with van der Waals surface area (Å²) >= 11 is 1.24. The number of hydrogen-bond donors (Lipinski definition) is 1. The van der Waals surface area contributed by atoms with Crippen LogP contribution in [-0.2, 0) is 0 Å². The van der Waals surface area contributed by atoms with Crippen molar-refractivity contribution < 1.29 is 9.18 Å². The van der Waals surface area contributed by atoms with Crippen LogP contribution >= 0.6 is 11.8 Å². The zero-order valence-corrected chi connectivity index (χ0v) is 7.32. The number of primary amides is 1. The van der Waals surface area contributed by atoms with Gasteiger partial charge in [-0.05, 0) is 24.5 Å². The molecule has 1 aromatic rings. The number of amides is 1. The van der Waals surface area contributed by atoms with Gasteiger partial charge in [0.05, 0.1) is 0 Å². The molecule has 0 saturated heterocycles. The summed E-state index contributed by atoms with van der Waals surface area (Å²) in [6, 6.07) is 4.06. The number of hydrogen-bond acceptors (Lipinski definition) is 2. The van der Waals surface area contributed by atoms with Gasteiger partial charge in [0.1, 0.15) is 5.82 Å². The van der Waals surface area contributed by atoms with Crippen molar-refractivity contribution in [2.45, 2.75) is 4.90 Å². The molecule has 2 N–H and O–H groups in total. The first-order valence-corrected chi connectivity index (χ1v) is 4.51. The molecule has 1 aromatic carbocycles. The second-order valence-electron chi connectivity index (χ2n) is 2.21. The fourth-order valence-corrected chi connectivity index (χ4v) is 1.32. The first-order valence-electron chi connectivity index (χ1n) is 3.28. The predicted molar refractivity (Wildman–Crippen MR) is 46.7 cm³/mol. The van der Waals surface area contributed by atoms with Gasteiger partial charge in [-0.25, -0.2) is 4.39 Å². The fraction of sp³-hybridized carbons (Fsp3) is 0.125. The summed E-state index contributed by atoms with van der Waals surface area (Å²) in [4.78, 5) is 11.1. The molecule has 12 heavy (non-hydrogen) atoms. The van der Waals surface area contributed by atoms with Crippen molar-refractivity contribution in [2.24, 2.45) is 5.73 Å². The fourth-order valence-electron chi connectivity index (χ4n) is 0.813. The van der Waals surface area contributed by atoms with Crippen molar-refractivity contribution in [2.75, 3.05) is 6.26 Å². The van der Waals surface area contributed by atoms with Crippen LogP contribution in [0.25, 0.3) is 0 Å². The van der Waals surface area contributed by atoms with Crippen molar-refractivity contribution in [1.29, 1.82) is 0 Å². The smallest absolute Gasteiger partial charge is 0.248 e. The van der Waals surface area contributed by atoms with Crippen molar-refractivity contribution in [3.63, 3.8) is 0 Å². The molecule has 0 atom stereocenters. The number of carbonyl (C=O) groups excluding carboxylic acids is 1. The second kappa shape index (κ2) is 3.58. The summed E-state index contributed by atoms with van der Waals surface area (Å²) in [5.41, 5.74) is 5.35. The first-order chi connectivity index (χ1) is 5.65. The van der Waals surface area contributed by atoms with Gasteiger partial charge in [0.15, 0.2) is 0 Å². The van der Waals surface area contributed by atoms with Crippen LogP contribution in [0.2, 0.25) is 0 Å². The van der Waals surface area contributed by atoms with Crippen molar-refractivity contribution in [3.05, 3.63) is 29.6 Å². The Labute approximate surface area is 74.0 Å². The number of rotatable bonds is 2. The first kappa shape index (κ1) is 9.06. The Morgan fingerprint density at radius 1 is 1.58 bits per heavy atom. The highest BCUT2D eigenvalue weighted by Crippen LogP contribution is 2.19. The zero-order chi connectivity index (χ0) is 9.14. The second-order valence-corrected chi connectivity index (χ2v) is 3.06. The summed E-state index contributed by atoms with van der Waals surface area (Å²) in [5.74, 6) is -0.863. The molecule has 0 radical (unpaired) electrons. The highest BCUT2D eigenvalue weighted by atomic mass is 32.2. The Morgan fingerprint density at radius 2 is 2.25 bits per heavy atom. The molecule has 0 spiro atoms. The minimum atomic E-state index is -0.537. The normalized spacial score (nSPS) is 9.83. The SMILES string of the molecule is CSc1cc(C(N)=O)ccc1F. The third kappa shape index (κ3) is 1.76. The lowest BCUT2D eigenvalue weighted by molar-refractivity contribution is 0.1000. The Balaban J connectivity index is 3.13. The van der Waals surface area contributed by atoms with Crippen molar-refractivity contribution >= 4 is 17.7 Å². The molecule has 0 unspecified atom stereocenters. The summed E-state index contributed by atoms with van der Waals surface area (Å²) in [7, 11) is 0. The van der Waals surface area contributed by atoms with Gasteiger partial charge in [-0.2, -0.15) is 0 Å². The third-order valence-electron chi connectivity index (χ3n) is 1.44. The quantitative estimate of drug-likeness (QED) is 0.712.